The van der Waals surface area contributed by atoms with Crippen molar-refractivity contribution in [2.75, 3.05) is 26.9 Å². The standard InChI is InChI=1S/C17H20O6/c1-13(17(20)22-9-8-21-2)10-16(19)23-12-15(18)11-14-6-4-3-5-7-14/h3-7H,1,8-12H2,2H3. The first kappa shape index (κ1) is 18.6. The lowest BCUT2D eigenvalue weighted by Crippen LogP contribution is -2.18. The molecular formula is C17H20O6. The maximum absolute atomic E-state index is 11.7. The van der Waals surface area contributed by atoms with Gasteiger partial charge in [-0.1, -0.05) is 36.9 Å². The lowest BCUT2D eigenvalue weighted by atomic mass is 10.1. The smallest absolute Gasteiger partial charge is 0.334 e. The van der Waals surface area contributed by atoms with E-state index in [4.69, 9.17) is 14.2 Å². The number of rotatable bonds is 10. The van der Waals surface area contributed by atoms with Gasteiger partial charge in [-0.15, -0.1) is 0 Å². The molecule has 124 valence electrons. The van der Waals surface area contributed by atoms with Crippen molar-refractivity contribution in [3.05, 3.63) is 48.0 Å². The first-order chi connectivity index (χ1) is 11.0. The Morgan fingerprint density at radius 3 is 2.39 bits per heavy atom. The lowest BCUT2D eigenvalue weighted by Gasteiger charge is -2.07. The quantitative estimate of drug-likeness (QED) is 0.369. The Balaban J connectivity index is 2.26. The van der Waals surface area contributed by atoms with Gasteiger partial charge >= 0.3 is 11.9 Å². The molecule has 0 saturated carbocycles. The summed E-state index contributed by atoms with van der Waals surface area (Å²) in [5.41, 5.74) is 0.821. The topological polar surface area (TPSA) is 78.9 Å². The van der Waals surface area contributed by atoms with E-state index >= 15 is 0 Å². The molecule has 0 saturated heterocycles. The summed E-state index contributed by atoms with van der Waals surface area (Å²) in [5.74, 6) is -1.60. The molecule has 1 aromatic carbocycles. The van der Waals surface area contributed by atoms with Crippen molar-refractivity contribution in [1.82, 2.24) is 0 Å². The maximum Gasteiger partial charge on any atom is 0.334 e. The molecule has 0 radical (unpaired) electrons. The van der Waals surface area contributed by atoms with Gasteiger partial charge in [-0.2, -0.15) is 0 Å². The third-order valence-electron chi connectivity index (χ3n) is 2.81. The Hall–Kier alpha value is -2.47. The molecule has 0 atom stereocenters. The Kier molecular flexibility index (Phi) is 8.31. The Morgan fingerprint density at radius 1 is 1.04 bits per heavy atom. The number of esters is 2. The number of Topliss-reactive ketones (excluding diaryl/α,β-unsaturated/α-hetero) is 1. The Morgan fingerprint density at radius 2 is 1.74 bits per heavy atom. The predicted octanol–water partition coefficient (Wildman–Crippen LogP) is 1.48. The predicted molar refractivity (Wildman–Crippen MR) is 82.7 cm³/mol. The lowest BCUT2D eigenvalue weighted by molar-refractivity contribution is -0.149. The van der Waals surface area contributed by atoms with Crippen molar-refractivity contribution in [2.24, 2.45) is 0 Å². The molecule has 0 aliphatic rings. The number of methoxy groups -OCH3 is 1. The number of carbonyl (C=O) groups excluding carboxylic acids is 3. The summed E-state index contributed by atoms with van der Waals surface area (Å²) in [6, 6.07) is 9.14. The van der Waals surface area contributed by atoms with Crippen molar-refractivity contribution in [3.8, 4) is 0 Å². The summed E-state index contributed by atoms with van der Waals surface area (Å²) < 4.78 is 14.4. The van der Waals surface area contributed by atoms with Crippen LogP contribution in [0.5, 0.6) is 0 Å². The van der Waals surface area contributed by atoms with Crippen LogP contribution in [0.25, 0.3) is 0 Å². The average Bonchev–Trinajstić information content (AvgIpc) is 2.54. The molecule has 0 N–H and O–H groups in total. The van der Waals surface area contributed by atoms with Crippen LogP contribution < -0.4 is 0 Å². The molecule has 0 spiro atoms. The molecule has 0 fully saturated rings. The zero-order valence-electron chi connectivity index (χ0n) is 13.1. The molecule has 6 heteroatoms. The first-order valence-corrected chi connectivity index (χ1v) is 7.08. The van der Waals surface area contributed by atoms with Crippen molar-refractivity contribution >= 4 is 17.7 Å². The number of carbonyl (C=O) groups is 3. The maximum atomic E-state index is 11.7. The zero-order valence-corrected chi connectivity index (χ0v) is 13.1. The van der Waals surface area contributed by atoms with Crippen LogP contribution in [-0.2, 0) is 35.0 Å². The minimum Gasteiger partial charge on any atom is -0.460 e. The Labute approximate surface area is 135 Å². The van der Waals surface area contributed by atoms with Crippen LogP contribution in [0.3, 0.4) is 0 Å². The van der Waals surface area contributed by atoms with Crippen molar-refractivity contribution in [1.29, 1.82) is 0 Å². The molecule has 0 aromatic heterocycles. The summed E-state index contributed by atoms with van der Waals surface area (Å²) in [6.45, 7) is 3.48. The number of benzene rings is 1. The van der Waals surface area contributed by atoms with Gasteiger partial charge < -0.3 is 14.2 Å². The van der Waals surface area contributed by atoms with Crippen LogP contribution in [0.1, 0.15) is 12.0 Å². The minimum atomic E-state index is -0.694. The number of hydrogen-bond acceptors (Lipinski definition) is 6. The van der Waals surface area contributed by atoms with Crippen LogP contribution in [0, 0.1) is 0 Å². The molecule has 23 heavy (non-hydrogen) atoms. The van der Waals surface area contributed by atoms with E-state index in [1.807, 2.05) is 30.3 Å². The largest absolute Gasteiger partial charge is 0.460 e. The van der Waals surface area contributed by atoms with Crippen LogP contribution in [0.15, 0.2) is 42.5 Å². The monoisotopic (exact) mass is 320 g/mol. The van der Waals surface area contributed by atoms with E-state index in [9.17, 15) is 14.4 Å². The van der Waals surface area contributed by atoms with Crippen LogP contribution >= 0.6 is 0 Å². The van der Waals surface area contributed by atoms with Crippen LogP contribution in [0.2, 0.25) is 0 Å². The Bertz CT molecular complexity index is 549. The van der Waals surface area contributed by atoms with Gasteiger partial charge in [0.2, 0.25) is 0 Å². The van der Waals surface area contributed by atoms with E-state index in [0.717, 1.165) is 5.56 Å². The van der Waals surface area contributed by atoms with Gasteiger partial charge in [0, 0.05) is 19.1 Å². The number of hydrogen-bond donors (Lipinski definition) is 0. The third kappa shape index (κ3) is 7.92. The van der Waals surface area contributed by atoms with Crippen molar-refractivity contribution in [2.45, 2.75) is 12.8 Å². The molecule has 6 nitrogen and oxygen atoms in total. The van der Waals surface area contributed by atoms with Gasteiger partial charge in [-0.05, 0) is 5.56 Å². The number of ketones is 1. The second-order valence-corrected chi connectivity index (χ2v) is 4.77. The molecule has 0 aliphatic carbocycles. The fourth-order valence-corrected chi connectivity index (χ4v) is 1.65. The van der Waals surface area contributed by atoms with E-state index in [2.05, 4.69) is 6.58 Å². The molecule has 1 rings (SSSR count). The molecule has 0 heterocycles. The average molecular weight is 320 g/mol. The molecule has 0 unspecified atom stereocenters. The van der Waals surface area contributed by atoms with Crippen LogP contribution in [0.4, 0.5) is 0 Å². The first-order valence-electron chi connectivity index (χ1n) is 7.08. The van der Waals surface area contributed by atoms with Gasteiger partial charge in [0.05, 0.1) is 13.0 Å². The van der Waals surface area contributed by atoms with Gasteiger partial charge in [-0.3, -0.25) is 9.59 Å². The SMILES string of the molecule is C=C(CC(=O)OCC(=O)Cc1ccccc1)C(=O)OCCOC. The van der Waals surface area contributed by atoms with E-state index in [1.165, 1.54) is 7.11 Å². The summed E-state index contributed by atoms with van der Waals surface area (Å²) in [4.78, 5) is 34.8. The molecular weight excluding hydrogens is 300 g/mol. The normalized spacial score (nSPS) is 9.96. The summed E-state index contributed by atoms with van der Waals surface area (Å²) in [6.07, 6.45) is -0.126. The van der Waals surface area contributed by atoms with Crippen molar-refractivity contribution < 1.29 is 28.6 Å². The second-order valence-electron chi connectivity index (χ2n) is 4.77. The van der Waals surface area contributed by atoms with Gasteiger partial charge in [0.15, 0.2) is 5.78 Å². The zero-order chi connectivity index (χ0) is 17.1. The molecule has 0 aliphatic heterocycles. The van der Waals surface area contributed by atoms with E-state index < -0.39 is 11.9 Å². The van der Waals surface area contributed by atoms with Crippen LogP contribution in [-0.4, -0.2) is 44.7 Å². The third-order valence-corrected chi connectivity index (χ3v) is 2.81. The molecule has 0 amide bonds. The van der Waals surface area contributed by atoms with Gasteiger partial charge in [0.1, 0.15) is 13.2 Å². The fraction of sp³-hybridized carbons (Fsp3) is 0.353. The molecule has 1 aromatic rings. The summed E-state index contributed by atoms with van der Waals surface area (Å²) in [5, 5.41) is 0. The number of ether oxygens (including phenoxy) is 3. The summed E-state index contributed by atoms with van der Waals surface area (Å²) >= 11 is 0. The second kappa shape index (κ2) is 10.3. The highest BCUT2D eigenvalue weighted by Gasteiger charge is 2.15. The van der Waals surface area contributed by atoms with E-state index in [-0.39, 0.29) is 44.0 Å². The van der Waals surface area contributed by atoms with Gasteiger partial charge in [-0.25, -0.2) is 4.79 Å². The van der Waals surface area contributed by atoms with Crippen molar-refractivity contribution in [3.63, 3.8) is 0 Å². The summed E-state index contributed by atoms with van der Waals surface area (Å²) in [7, 11) is 1.48. The molecule has 0 bridgehead atoms. The fourth-order valence-electron chi connectivity index (χ4n) is 1.65. The highest BCUT2D eigenvalue weighted by Crippen LogP contribution is 2.04. The van der Waals surface area contributed by atoms with E-state index in [1.54, 1.807) is 0 Å². The minimum absolute atomic E-state index is 0.0263. The van der Waals surface area contributed by atoms with Gasteiger partial charge in [0.25, 0.3) is 0 Å². The highest BCUT2D eigenvalue weighted by atomic mass is 16.6. The van der Waals surface area contributed by atoms with E-state index in [0.29, 0.717) is 0 Å². The highest BCUT2D eigenvalue weighted by molar-refractivity contribution is 5.93.